The summed E-state index contributed by atoms with van der Waals surface area (Å²) < 4.78 is 14.5. The predicted molar refractivity (Wildman–Crippen MR) is 33.3 cm³/mol. The van der Waals surface area contributed by atoms with E-state index in [1.807, 2.05) is 0 Å². The summed E-state index contributed by atoms with van der Waals surface area (Å²) in [5.41, 5.74) is 4.54. The van der Waals surface area contributed by atoms with Gasteiger partial charge in [-0.25, -0.2) is 4.79 Å². The minimum absolute atomic E-state index is 0.151. The fourth-order valence-corrected chi connectivity index (χ4v) is 0.729. The average Bonchev–Trinajstić information content (AvgIpc) is 1.63. The summed E-state index contributed by atoms with van der Waals surface area (Å²) in [5.74, 6) is 0. The van der Waals surface area contributed by atoms with E-state index in [2.05, 4.69) is 16.8 Å². The maximum Gasteiger partial charge on any atom is 0.565 e. The number of carbonyl (C=O) groups excluding carboxylic acids is 1. The lowest BCUT2D eigenvalue weighted by atomic mass is 10.8. The van der Waals surface area contributed by atoms with Crippen LogP contribution in [0.3, 0.4) is 0 Å². The Morgan fingerprint density at radius 3 is 2.78 bits per heavy atom. The topological polar surface area (TPSA) is 69.4 Å². The third-order valence-corrected chi connectivity index (χ3v) is 1.41. The van der Waals surface area contributed by atoms with Gasteiger partial charge in [0.15, 0.2) is 0 Å². The Bertz CT molecular complexity index is 145. The van der Waals surface area contributed by atoms with Crippen molar-refractivity contribution in [2.45, 2.75) is 0 Å². The Hall–Kier alpha value is -0.890. The van der Waals surface area contributed by atoms with E-state index in [1.165, 1.54) is 6.08 Å². The van der Waals surface area contributed by atoms with Crippen LogP contribution in [0.4, 0.5) is 4.79 Å². The van der Waals surface area contributed by atoms with Gasteiger partial charge in [-0.1, -0.05) is 6.58 Å². The first-order valence-electron chi connectivity index (χ1n) is 2.19. The molecule has 0 fully saturated rings. The number of allylic oxidation sites excluding steroid dienone is 1. The zero-order valence-corrected chi connectivity index (χ0v) is 5.64. The maximum atomic E-state index is 10.4. The molecule has 0 spiro atoms. The van der Waals surface area contributed by atoms with E-state index < -0.39 is 14.1 Å². The molecule has 0 heterocycles. The third-order valence-electron chi connectivity index (χ3n) is 0.470. The number of primary amides is 1. The number of hydrogen-bond donors (Lipinski definition) is 1. The van der Waals surface area contributed by atoms with Crippen molar-refractivity contribution in [3.8, 4) is 0 Å². The molecule has 0 saturated carbocycles. The highest BCUT2D eigenvalue weighted by atomic mass is 31.1. The first-order chi connectivity index (χ1) is 4.16. The molecule has 9 heavy (non-hydrogen) atoms. The minimum atomic E-state index is -1.96. The molecule has 1 atom stereocenters. The van der Waals surface area contributed by atoms with Crippen LogP contribution in [0.25, 0.3) is 0 Å². The van der Waals surface area contributed by atoms with Gasteiger partial charge in [0, 0.05) is 0 Å². The summed E-state index contributed by atoms with van der Waals surface area (Å²) in [6.45, 7) is 3.29. The van der Waals surface area contributed by atoms with Crippen molar-refractivity contribution < 1.29 is 13.9 Å². The van der Waals surface area contributed by atoms with Gasteiger partial charge in [-0.2, -0.15) is 4.52 Å². The highest BCUT2D eigenvalue weighted by Gasteiger charge is 2.17. The molecular weight excluding hydrogens is 141 g/mol. The predicted octanol–water partition coefficient (Wildman–Crippen LogP) is 1.01. The monoisotopic (exact) mass is 148 g/mol. The van der Waals surface area contributed by atoms with Crippen LogP contribution in [0.2, 0.25) is 0 Å². The number of carbonyl (C=O) groups is 1. The van der Waals surface area contributed by atoms with Crippen LogP contribution in [0, 0.1) is 0 Å². The van der Waals surface area contributed by atoms with Crippen molar-refractivity contribution >= 4 is 14.1 Å². The smallest absolute Gasteiger partial charge is 0.331 e. The SMILES string of the molecule is C=CC[P+](=O)OC(N)=O. The van der Waals surface area contributed by atoms with E-state index in [9.17, 15) is 9.36 Å². The van der Waals surface area contributed by atoms with Gasteiger partial charge < -0.3 is 5.73 Å². The second-order valence-corrected chi connectivity index (χ2v) is 2.43. The normalized spacial score (nSPS) is 10.0. The fraction of sp³-hybridized carbons (Fsp3) is 0.250. The van der Waals surface area contributed by atoms with Gasteiger partial charge in [-0.15, -0.1) is 0 Å². The number of amides is 1. The van der Waals surface area contributed by atoms with Gasteiger partial charge in [-0.3, -0.25) is 0 Å². The Kier molecular flexibility index (Phi) is 3.64. The van der Waals surface area contributed by atoms with Crippen molar-refractivity contribution in [3.63, 3.8) is 0 Å². The standard InChI is InChI=1S/C4H6NO3P/c1-2-3-9(7)8-4(5)6/h2H,1,3H2,(H-,5,6)/p+1. The van der Waals surface area contributed by atoms with Gasteiger partial charge in [0.1, 0.15) is 0 Å². The largest absolute Gasteiger partial charge is 0.565 e. The highest BCUT2D eigenvalue weighted by molar-refractivity contribution is 7.40. The molecule has 0 aliphatic carbocycles. The molecule has 0 radical (unpaired) electrons. The van der Waals surface area contributed by atoms with E-state index >= 15 is 0 Å². The second kappa shape index (κ2) is 4.04. The van der Waals surface area contributed by atoms with Gasteiger partial charge in [0.25, 0.3) is 0 Å². The van der Waals surface area contributed by atoms with Crippen molar-refractivity contribution in [2.24, 2.45) is 5.73 Å². The number of hydrogen-bond acceptors (Lipinski definition) is 3. The zero-order valence-electron chi connectivity index (χ0n) is 4.74. The Morgan fingerprint density at radius 2 is 2.44 bits per heavy atom. The van der Waals surface area contributed by atoms with E-state index in [4.69, 9.17) is 0 Å². The molecule has 4 nitrogen and oxygen atoms in total. The Morgan fingerprint density at radius 1 is 1.89 bits per heavy atom. The van der Waals surface area contributed by atoms with Crippen molar-refractivity contribution in [3.05, 3.63) is 12.7 Å². The van der Waals surface area contributed by atoms with Crippen LogP contribution >= 0.6 is 8.03 Å². The number of nitrogens with two attached hydrogens (primary N) is 1. The van der Waals surface area contributed by atoms with Crippen LogP contribution < -0.4 is 5.73 Å². The summed E-state index contributed by atoms with van der Waals surface area (Å²) in [6, 6.07) is 0. The molecule has 0 aromatic rings. The van der Waals surface area contributed by atoms with Gasteiger partial charge in [-0.05, 0) is 10.6 Å². The molecule has 1 amide bonds. The maximum absolute atomic E-state index is 10.4. The second-order valence-electron chi connectivity index (χ2n) is 1.21. The molecule has 2 N–H and O–H groups in total. The molecule has 0 rings (SSSR count). The molecule has 5 heteroatoms. The van der Waals surface area contributed by atoms with Gasteiger partial charge in [0.05, 0.1) is 0 Å². The van der Waals surface area contributed by atoms with Crippen LogP contribution in [0.5, 0.6) is 0 Å². The summed E-state index contributed by atoms with van der Waals surface area (Å²) in [7, 11) is -1.96. The summed E-state index contributed by atoms with van der Waals surface area (Å²) in [4.78, 5) is 9.87. The van der Waals surface area contributed by atoms with E-state index in [1.54, 1.807) is 0 Å². The molecule has 1 unspecified atom stereocenters. The van der Waals surface area contributed by atoms with E-state index in [-0.39, 0.29) is 6.16 Å². The first-order valence-corrected chi connectivity index (χ1v) is 3.56. The lowest BCUT2D eigenvalue weighted by Crippen LogP contribution is -2.08. The first kappa shape index (κ1) is 8.11. The van der Waals surface area contributed by atoms with Crippen molar-refractivity contribution in [1.29, 1.82) is 0 Å². The van der Waals surface area contributed by atoms with Crippen molar-refractivity contribution in [1.82, 2.24) is 0 Å². The average molecular weight is 148 g/mol. The molecule has 0 saturated heterocycles. The fourth-order valence-electron chi connectivity index (χ4n) is 0.243. The minimum Gasteiger partial charge on any atom is -0.331 e. The molecule has 0 aliphatic heterocycles. The highest BCUT2D eigenvalue weighted by Crippen LogP contribution is 2.20. The lowest BCUT2D eigenvalue weighted by Gasteiger charge is -1.78. The Balaban J connectivity index is 3.50. The Labute approximate surface area is 53.6 Å². The molecule has 0 aromatic carbocycles. The molecule has 0 aromatic heterocycles. The van der Waals surface area contributed by atoms with Crippen LogP contribution in [0.15, 0.2) is 12.7 Å². The van der Waals surface area contributed by atoms with Gasteiger partial charge in [0.2, 0.25) is 6.16 Å². The summed E-state index contributed by atoms with van der Waals surface area (Å²) in [6.07, 6.45) is 0.526. The molecular formula is C4H7NO3P+. The van der Waals surface area contributed by atoms with E-state index in [0.717, 1.165) is 0 Å². The molecule has 0 bridgehead atoms. The van der Waals surface area contributed by atoms with Crippen molar-refractivity contribution in [2.75, 3.05) is 6.16 Å². The zero-order chi connectivity index (χ0) is 7.28. The quantitative estimate of drug-likeness (QED) is 0.479. The summed E-state index contributed by atoms with van der Waals surface area (Å²) >= 11 is 0. The summed E-state index contributed by atoms with van der Waals surface area (Å²) in [5, 5.41) is 0. The van der Waals surface area contributed by atoms with Crippen LogP contribution in [-0.4, -0.2) is 12.3 Å². The van der Waals surface area contributed by atoms with Crippen LogP contribution in [-0.2, 0) is 9.09 Å². The van der Waals surface area contributed by atoms with Gasteiger partial charge >= 0.3 is 14.1 Å². The number of rotatable bonds is 3. The third kappa shape index (κ3) is 4.97. The molecule has 0 aliphatic rings. The lowest BCUT2D eigenvalue weighted by molar-refractivity contribution is 0.214. The van der Waals surface area contributed by atoms with Crippen LogP contribution in [0.1, 0.15) is 0 Å². The molecule has 50 valence electrons. The van der Waals surface area contributed by atoms with E-state index in [0.29, 0.717) is 0 Å².